The molecule has 0 spiro atoms. The molecule has 0 aliphatic heterocycles. The number of aliphatic hydroxyl groups excluding tert-OH is 1. The van der Waals surface area contributed by atoms with Crippen LogP contribution in [-0.4, -0.2) is 30.2 Å². The molecule has 2 aromatic carbocycles. The Balaban J connectivity index is 0.00000289. The molecular weight excluding hydrogens is 453 g/mol. The number of halogens is 1. The predicted octanol–water partition coefficient (Wildman–Crippen LogP) is 0.357. The Morgan fingerprint density at radius 2 is 1.84 bits per heavy atom. The van der Waals surface area contributed by atoms with Crippen molar-refractivity contribution in [3.05, 3.63) is 70.8 Å². The summed E-state index contributed by atoms with van der Waals surface area (Å²) in [5.74, 6) is 1.19. The van der Waals surface area contributed by atoms with Crippen LogP contribution in [0.3, 0.4) is 0 Å². The molecule has 0 aliphatic rings. The number of aromatic nitrogens is 6. The van der Waals surface area contributed by atoms with Crippen LogP contribution in [0, 0.1) is 0 Å². The van der Waals surface area contributed by atoms with Crippen molar-refractivity contribution in [1.82, 2.24) is 30.2 Å². The van der Waals surface area contributed by atoms with E-state index in [0.717, 1.165) is 35.1 Å². The maximum absolute atomic E-state index is 9.81. The summed E-state index contributed by atoms with van der Waals surface area (Å²) in [5, 5.41) is 25.2. The van der Waals surface area contributed by atoms with Gasteiger partial charge in [-0.3, -0.25) is 10.3 Å². The standard InChI is InChI=1S/C22H23ClN7O.K/c1-2-5-18(24)22-25-20(23)19(13-31)30(22)12-14-8-10-15(11-9-14)16-6-3-4-7-17(16)21-26-28-29-27-21;/h3-4,6-11,18,31H,2,5,12-13,24H2,1H3;/q-1;+1. The fourth-order valence-corrected chi connectivity index (χ4v) is 3.93. The van der Waals surface area contributed by atoms with Gasteiger partial charge in [-0.1, -0.05) is 73.5 Å². The number of nitrogens with two attached hydrogens (primary N) is 1. The maximum atomic E-state index is 9.81. The van der Waals surface area contributed by atoms with E-state index < -0.39 is 0 Å². The number of benzene rings is 2. The van der Waals surface area contributed by atoms with Crippen molar-refractivity contribution in [3.63, 3.8) is 0 Å². The van der Waals surface area contributed by atoms with Crippen LogP contribution in [0.4, 0.5) is 0 Å². The van der Waals surface area contributed by atoms with E-state index in [0.29, 0.717) is 29.0 Å². The van der Waals surface area contributed by atoms with Crippen LogP contribution in [0.1, 0.15) is 42.9 Å². The number of hydrogen-bond donors (Lipinski definition) is 2. The Kier molecular flexibility index (Phi) is 9.15. The monoisotopic (exact) mass is 475 g/mol. The van der Waals surface area contributed by atoms with Crippen LogP contribution in [-0.2, 0) is 13.2 Å². The van der Waals surface area contributed by atoms with Crippen molar-refractivity contribution < 1.29 is 56.5 Å². The van der Waals surface area contributed by atoms with E-state index >= 15 is 0 Å². The molecule has 1 atom stereocenters. The topological polar surface area (TPSA) is 117 Å². The summed E-state index contributed by atoms with van der Waals surface area (Å²) >= 11 is 6.26. The minimum atomic E-state index is -0.235. The van der Waals surface area contributed by atoms with Gasteiger partial charge in [-0.15, -0.1) is 0 Å². The van der Waals surface area contributed by atoms with Crippen molar-refractivity contribution in [2.24, 2.45) is 5.73 Å². The number of nitrogens with zero attached hydrogens (tertiary/aromatic N) is 6. The van der Waals surface area contributed by atoms with Crippen molar-refractivity contribution >= 4 is 11.6 Å². The number of tetrazole rings is 1. The number of hydrogen-bond acceptors (Lipinski definition) is 6. The minimum Gasteiger partial charge on any atom is -0.390 e. The maximum Gasteiger partial charge on any atom is 1.00 e. The fourth-order valence-electron chi connectivity index (χ4n) is 3.68. The molecule has 0 fully saturated rings. The zero-order valence-corrected chi connectivity index (χ0v) is 22.0. The van der Waals surface area contributed by atoms with Gasteiger partial charge in [0.15, 0.2) is 5.15 Å². The van der Waals surface area contributed by atoms with E-state index in [1.54, 1.807) is 0 Å². The molecule has 0 saturated heterocycles. The number of aliphatic hydroxyl groups is 1. The molecule has 4 rings (SSSR count). The number of rotatable bonds is 8. The first kappa shape index (κ1) is 25.2. The summed E-state index contributed by atoms with van der Waals surface area (Å²) in [7, 11) is 0. The third kappa shape index (κ3) is 5.37. The van der Waals surface area contributed by atoms with E-state index in [9.17, 15) is 5.11 Å². The van der Waals surface area contributed by atoms with Gasteiger partial charge in [-0.05, 0) is 28.7 Å². The number of imidazole rings is 1. The minimum absolute atomic E-state index is 0. The van der Waals surface area contributed by atoms with E-state index in [-0.39, 0.29) is 64.0 Å². The Morgan fingerprint density at radius 3 is 2.47 bits per heavy atom. The van der Waals surface area contributed by atoms with Gasteiger partial charge in [-0.25, -0.2) is 4.98 Å². The van der Waals surface area contributed by atoms with Crippen molar-refractivity contribution in [1.29, 1.82) is 0 Å². The van der Waals surface area contributed by atoms with Crippen LogP contribution >= 0.6 is 11.6 Å². The second kappa shape index (κ2) is 11.6. The van der Waals surface area contributed by atoms with Crippen LogP contribution in [0.2, 0.25) is 5.15 Å². The Bertz CT molecular complexity index is 1150. The molecule has 2 aromatic heterocycles. The van der Waals surface area contributed by atoms with Gasteiger partial charge in [0.1, 0.15) is 5.82 Å². The van der Waals surface area contributed by atoms with Gasteiger partial charge in [0.2, 0.25) is 0 Å². The van der Waals surface area contributed by atoms with Crippen LogP contribution in [0.15, 0.2) is 48.5 Å². The zero-order valence-electron chi connectivity index (χ0n) is 18.1. The fraction of sp³-hybridized carbons (Fsp3) is 0.273. The summed E-state index contributed by atoms with van der Waals surface area (Å²) < 4.78 is 1.92. The molecule has 4 aromatic rings. The third-order valence-corrected chi connectivity index (χ3v) is 5.53. The molecule has 32 heavy (non-hydrogen) atoms. The van der Waals surface area contributed by atoms with Crippen molar-refractivity contribution in [2.75, 3.05) is 0 Å². The molecule has 1 unspecified atom stereocenters. The van der Waals surface area contributed by atoms with Gasteiger partial charge in [-0.2, -0.15) is 5.21 Å². The van der Waals surface area contributed by atoms with Crippen LogP contribution in [0.25, 0.3) is 22.5 Å². The molecule has 0 amide bonds. The van der Waals surface area contributed by atoms with E-state index in [4.69, 9.17) is 17.3 Å². The second-order valence-electron chi connectivity index (χ2n) is 7.29. The van der Waals surface area contributed by atoms with Crippen LogP contribution in [0.5, 0.6) is 0 Å². The van der Waals surface area contributed by atoms with E-state index in [1.165, 1.54) is 0 Å². The predicted molar refractivity (Wildman–Crippen MR) is 118 cm³/mol. The smallest absolute Gasteiger partial charge is 0.390 e. The SMILES string of the molecule is CCCC(N)c1nc(Cl)c(CO)n1Cc1ccc(-c2ccccc2-c2nnn[n-]2)cc1.[K+]. The molecule has 0 bridgehead atoms. The summed E-state index contributed by atoms with van der Waals surface area (Å²) in [6.07, 6.45) is 1.73. The van der Waals surface area contributed by atoms with Gasteiger partial charge in [0.25, 0.3) is 0 Å². The summed E-state index contributed by atoms with van der Waals surface area (Å²) in [5.41, 5.74) is 10.8. The molecule has 0 aliphatic carbocycles. The Hall–Kier alpha value is -1.43. The molecule has 10 heteroatoms. The first-order chi connectivity index (χ1) is 15.1. The average molecular weight is 476 g/mol. The zero-order chi connectivity index (χ0) is 21.8. The largest absolute Gasteiger partial charge is 1.00 e. The third-order valence-electron chi connectivity index (χ3n) is 5.23. The first-order valence-corrected chi connectivity index (χ1v) is 10.5. The van der Waals surface area contributed by atoms with Crippen molar-refractivity contribution in [3.8, 4) is 22.5 Å². The molecule has 2 heterocycles. The van der Waals surface area contributed by atoms with Gasteiger partial charge >= 0.3 is 51.4 Å². The van der Waals surface area contributed by atoms with E-state index in [1.807, 2.05) is 53.1 Å². The first-order valence-electron chi connectivity index (χ1n) is 10.1. The van der Waals surface area contributed by atoms with Gasteiger partial charge in [0, 0.05) is 12.4 Å². The summed E-state index contributed by atoms with van der Waals surface area (Å²) in [6, 6.07) is 15.8. The van der Waals surface area contributed by atoms with Gasteiger partial charge in [0.05, 0.1) is 18.3 Å². The average Bonchev–Trinajstić information content (AvgIpc) is 3.43. The molecule has 160 valence electrons. The summed E-state index contributed by atoms with van der Waals surface area (Å²) in [4.78, 5) is 4.42. The molecule has 0 saturated carbocycles. The van der Waals surface area contributed by atoms with Crippen molar-refractivity contribution in [2.45, 2.75) is 39.0 Å². The second-order valence-corrected chi connectivity index (χ2v) is 7.65. The molecule has 0 radical (unpaired) electrons. The molecular formula is C22H23ClKN7O. The Labute approximate surface area is 234 Å². The molecule has 3 N–H and O–H groups in total. The summed E-state index contributed by atoms with van der Waals surface area (Å²) in [6.45, 7) is 2.40. The van der Waals surface area contributed by atoms with E-state index in [2.05, 4.69) is 32.5 Å². The quantitative estimate of drug-likeness (QED) is 0.353. The molecule has 8 nitrogen and oxygen atoms in total. The van der Waals surface area contributed by atoms with Gasteiger partial charge < -0.3 is 20.5 Å². The van der Waals surface area contributed by atoms with Crippen LogP contribution < -0.4 is 62.2 Å². The normalized spacial score (nSPS) is 11.9. The Morgan fingerprint density at radius 1 is 1.12 bits per heavy atom.